The average Bonchev–Trinajstić information content (AvgIpc) is 2.94. The Labute approximate surface area is 134 Å². The molecule has 1 saturated carbocycles. The fourth-order valence-corrected chi connectivity index (χ4v) is 4.18. The SMILES string of the molecule is CC(C)N(C)C(=O)N1CC(c2ccccc2)C2CCCCC21. The van der Waals surface area contributed by atoms with Gasteiger partial charge in [0.1, 0.15) is 0 Å². The van der Waals surface area contributed by atoms with E-state index < -0.39 is 0 Å². The van der Waals surface area contributed by atoms with Crippen molar-refractivity contribution in [2.24, 2.45) is 5.92 Å². The van der Waals surface area contributed by atoms with Crippen molar-refractivity contribution in [3.05, 3.63) is 35.9 Å². The fraction of sp³-hybridized carbons (Fsp3) is 0.632. The number of urea groups is 1. The van der Waals surface area contributed by atoms with Gasteiger partial charge in [-0.2, -0.15) is 0 Å². The van der Waals surface area contributed by atoms with E-state index in [0.717, 1.165) is 6.54 Å². The molecule has 2 fully saturated rings. The second kappa shape index (κ2) is 6.31. The van der Waals surface area contributed by atoms with Gasteiger partial charge in [0.25, 0.3) is 0 Å². The molecule has 3 unspecified atom stereocenters. The Bertz CT molecular complexity index is 513. The van der Waals surface area contributed by atoms with Gasteiger partial charge in [-0.25, -0.2) is 4.79 Å². The van der Waals surface area contributed by atoms with Gasteiger partial charge in [0.2, 0.25) is 0 Å². The van der Waals surface area contributed by atoms with Gasteiger partial charge in [-0.1, -0.05) is 43.2 Å². The lowest BCUT2D eigenvalue weighted by atomic mass is 9.77. The largest absolute Gasteiger partial charge is 0.325 e. The number of fused-ring (bicyclic) bond motifs is 1. The molecule has 0 bridgehead atoms. The van der Waals surface area contributed by atoms with Crippen molar-refractivity contribution >= 4 is 6.03 Å². The molecule has 1 aliphatic carbocycles. The van der Waals surface area contributed by atoms with Crippen LogP contribution in [-0.4, -0.2) is 41.5 Å². The summed E-state index contributed by atoms with van der Waals surface area (Å²) in [6.45, 7) is 5.05. The standard InChI is InChI=1S/C19H28N2O/c1-14(2)20(3)19(22)21-13-17(15-9-5-4-6-10-15)16-11-7-8-12-18(16)21/h4-6,9-10,14,16-18H,7-8,11-13H2,1-3H3. The molecule has 3 heteroatoms. The van der Waals surface area contributed by atoms with Crippen LogP contribution in [-0.2, 0) is 0 Å². The highest BCUT2D eigenvalue weighted by atomic mass is 16.2. The molecule has 3 nitrogen and oxygen atoms in total. The Balaban J connectivity index is 1.85. The molecule has 3 atom stereocenters. The predicted octanol–water partition coefficient (Wildman–Crippen LogP) is 4.10. The van der Waals surface area contributed by atoms with E-state index >= 15 is 0 Å². The summed E-state index contributed by atoms with van der Waals surface area (Å²) in [5.41, 5.74) is 1.40. The van der Waals surface area contributed by atoms with Gasteiger partial charge in [-0.15, -0.1) is 0 Å². The van der Waals surface area contributed by atoms with Gasteiger partial charge in [-0.3, -0.25) is 0 Å². The molecule has 2 aliphatic rings. The van der Waals surface area contributed by atoms with Gasteiger partial charge in [-0.05, 0) is 38.2 Å². The number of amides is 2. The van der Waals surface area contributed by atoms with E-state index in [4.69, 9.17) is 0 Å². The third-order valence-electron chi connectivity index (χ3n) is 5.64. The zero-order chi connectivity index (χ0) is 15.7. The minimum Gasteiger partial charge on any atom is -0.325 e. The molecule has 1 aromatic rings. The monoisotopic (exact) mass is 300 g/mol. The van der Waals surface area contributed by atoms with Crippen LogP contribution < -0.4 is 0 Å². The van der Waals surface area contributed by atoms with Gasteiger partial charge in [0.15, 0.2) is 0 Å². The van der Waals surface area contributed by atoms with Gasteiger partial charge in [0, 0.05) is 31.6 Å². The predicted molar refractivity (Wildman–Crippen MR) is 89.9 cm³/mol. The number of carbonyl (C=O) groups excluding carboxylic acids is 1. The molecule has 0 aromatic heterocycles. The molecule has 22 heavy (non-hydrogen) atoms. The first-order chi connectivity index (χ1) is 10.6. The van der Waals surface area contributed by atoms with Crippen molar-refractivity contribution in [2.75, 3.05) is 13.6 Å². The van der Waals surface area contributed by atoms with E-state index in [2.05, 4.69) is 49.1 Å². The Morgan fingerprint density at radius 3 is 2.55 bits per heavy atom. The Morgan fingerprint density at radius 2 is 1.86 bits per heavy atom. The fourth-order valence-electron chi connectivity index (χ4n) is 4.18. The molecule has 1 aromatic carbocycles. The van der Waals surface area contributed by atoms with Crippen molar-refractivity contribution in [1.82, 2.24) is 9.80 Å². The van der Waals surface area contributed by atoms with Crippen molar-refractivity contribution in [2.45, 2.75) is 57.5 Å². The number of carbonyl (C=O) groups is 1. The summed E-state index contributed by atoms with van der Waals surface area (Å²) in [6, 6.07) is 11.7. The molecule has 1 heterocycles. The molecule has 0 N–H and O–H groups in total. The van der Waals surface area contributed by atoms with Crippen molar-refractivity contribution in [1.29, 1.82) is 0 Å². The Hall–Kier alpha value is -1.51. The maximum absolute atomic E-state index is 12.9. The maximum atomic E-state index is 12.9. The third-order valence-corrected chi connectivity index (χ3v) is 5.64. The van der Waals surface area contributed by atoms with Crippen molar-refractivity contribution in [3.63, 3.8) is 0 Å². The van der Waals surface area contributed by atoms with Crippen LogP contribution >= 0.6 is 0 Å². The van der Waals surface area contributed by atoms with E-state index in [-0.39, 0.29) is 12.1 Å². The lowest BCUT2D eigenvalue weighted by Crippen LogP contribution is -2.47. The van der Waals surface area contributed by atoms with Gasteiger partial charge >= 0.3 is 6.03 Å². The molecule has 3 rings (SSSR count). The van der Waals surface area contributed by atoms with E-state index in [0.29, 0.717) is 17.9 Å². The van der Waals surface area contributed by atoms with E-state index in [9.17, 15) is 4.79 Å². The summed E-state index contributed by atoms with van der Waals surface area (Å²) in [7, 11) is 1.93. The normalized spacial score (nSPS) is 27.8. The smallest absolute Gasteiger partial charge is 0.320 e. The average molecular weight is 300 g/mol. The number of likely N-dealkylation sites (tertiary alicyclic amines) is 1. The molecule has 2 amide bonds. The first-order valence-electron chi connectivity index (χ1n) is 8.68. The minimum absolute atomic E-state index is 0.213. The summed E-state index contributed by atoms with van der Waals surface area (Å²) in [6.07, 6.45) is 5.01. The molecule has 120 valence electrons. The number of hydrogen-bond donors (Lipinski definition) is 0. The third kappa shape index (κ3) is 2.73. The lowest BCUT2D eigenvalue weighted by Gasteiger charge is -2.35. The van der Waals surface area contributed by atoms with E-state index in [1.807, 2.05) is 11.9 Å². The zero-order valence-corrected chi connectivity index (χ0v) is 14.0. The number of rotatable bonds is 2. The molecule has 1 saturated heterocycles. The summed E-state index contributed by atoms with van der Waals surface area (Å²) in [4.78, 5) is 16.9. The minimum atomic E-state index is 0.213. The number of nitrogens with zero attached hydrogens (tertiary/aromatic N) is 2. The van der Waals surface area contributed by atoms with Crippen LogP contribution in [0.3, 0.4) is 0 Å². The summed E-state index contributed by atoms with van der Waals surface area (Å²) in [5.74, 6) is 1.15. The van der Waals surface area contributed by atoms with Gasteiger partial charge < -0.3 is 9.80 Å². The molecule has 1 aliphatic heterocycles. The van der Waals surface area contributed by atoms with Crippen LogP contribution in [0.25, 0.3) is 0 Å². The first kappa shape index (κ1) is 15.4. The summed E-state index contributed by atoms with van der Waals surface area (Å²) < 4.78 is 0. The highest BCUT2D eigenvalue weighted by Gasteiger charge is 2.45. The zero-order valence-electron chi connectivity index (χ0n) is 14.0. The maximum Gasteiger partial charge on any atom is 0.320 e. The lowest BCUT2D eigenvalue weighted by molar-refractivity contribution is 0.132. The van der Waals surface area contributed by atoms with Crippen molar-refractivity contribution < 1.29 is 4.79 Å². The van der Waals surface area contributed by atoms with Crippen molar-refractivity contribution in [3.8, 4) is 0 Å². The highest BCUT2D eigenvalue weighted by Crippen LogP contribution is 2.45. The quantitative estimate of drug-likeness (QED) is 0.806. The molecular formula is C19H28N2O. The summed E-state index contributed by atoms with van der Waals surface area (Å²) >= 11 is 0. The Kier molecular flexibility index (Phi) is 4.42. The number of hydrogen-bond acceptors (Lipinski definition) is 1. The summed E-state index contributed by atoms with van der Waals surface area (Å²) in [5, 5.41) is 0. The van der Waals surface area contributed by atoms with Crippen LogP contribution in [0, 0.1) is 5.92 Å². The van der Waals surface area contributed by atoms with Crippen LogP contribution in [0.1, 0.15) is 51.0 Å². The van der Waals surface area contributed by atoms with Crippen LogP contribution in [0.15, 0.2) is 30.3 Å². The second-order valence-electron chi connectivity index (χ2n) is 7.17. The highest BCUT2D eigenvalue weighted by molar-refractivity contribution is 5.75. The first-order valence-corrected chi connectivity index (χ1v) is 8.68. The molecule has 0 spiro atoms. The molecular weight excluding hydrogens is 272 g/mol. The number of benzene rings is 1. The van der Waals surface area contributed by atoms with Crippen LogP contribution in [0.4, 0.5) is 4.79 Å². The molecule has 0 radical (unpaired) electrons. The topological polar surface area (TPSA) is 23.6 Å². The Morgan fingerprint density at radius 1 is 1.18 bits per heavy atom. The van der Waals surface area contributed by atoms with Gasteiger partial charge in [0.05, 0.1) is 0 Å². The van der Waals surface area contributed by atoms with E-state index in [1.54, 1.807) is 0 Å². The van der Waals surface area contributed by atoms with E-state index in [1.165, 1.54) is 31.2 Å². The second-order valence-corrected chi connectivity index (χ2v) is 7.17. The van der Waals surface area contributed by atoms with Crippen LogP contribution in [0.5, 0.6) is 0 Å². The van der Waals surface area contributed by atoms with Crippen LogP contribution in [0.2, 0.25) is 0 Å².